The molecule has 0 bridgehead atoms. The summed E-state index contributed by atoms with van der Waals surface area (Å²) in [5, 5.41) is 8.71. The number of ether oxygens (including phenoxy) is 2. The zero-order chi connectivity index (χ0) is 21.7. The maximum Gasteiger partial charge on any atom is 0.303 e. The smallest absolute Gasteiger partial charge is 0.303 e. The van der Waals surface area contributed by atoms with E-state index in [1.807, 2.05) is 6.07 Å². The van der Waals surface area contributed by atoms with Crippen LogP contribution < -0.4 is 4.74 Å². The van der Waals surface area contributed by atoms with Gasteiger partial charge in [-0.3, -0.25) is 4.79 Å². The molecule has 0 unspecified atom stereocenters. The molecule has 7 heteroatoms. The minimum Gasteiger partial charge on any atom is -0.486 e. The third-order valence-corrected chi connectivity index (χ3v) is 5.13. The van der Waals surface area contributed by atoms with Gasteiger partial charge >= 0.3 is 5.97 Å². The first kappa shape index (κ1) is 21.9. The lowest BCUT2D eigenvalue weighted by Gasteiger charge is -2.15. The molecule has 1 N–H and O–H groups in total. The van der Waals surface area contributed by atoms with Gasteiger partial charge in [-0.05, 0) is 66.2 Å². The summed E-state index contributed by atoms with van der Waals surface area (Å²) in [4.78, 5) is 10.6. The largest absolute Gasteiger partial charge is 0.486 e. The summed E-state index contributed by atoms with van der Waals surface area (Å²) in [7, 11) is 0. The topological polar surface area (TPSA) is 55.8 Å². The van der Waals surface area contributed by atoms with E-state index in [0.29, 0.717) is 31.6 Å². The van der Waals surface area contributed by atoms with Crippen molar-refractivity contribution in [1.29, 1.82) is 0 Å². The Hall–Kier alpha value is -2.80. The lowest BCUT2D eigenvalue weighted by Crippen LogP contribution is -2.08. The standard InChI is InChI=1S/C23H23F3O4/c1-14-2-3-16(12-19(14)24)18-9-11-29-10-8-17(18)13-30-20-6-4-15(5-7-21(27)28)22(25)23(20)26/h2-4,6,12H,5,7-11,13H2,1H3,(H,27,28). The molecule has 0 saturated carbocycles. The molecule has 0 radical (unpaired) electrons. The summed E-state index contributed by atoms with van der Waals surface area (Å²) >= 11 is 0. The van der Waals surface area contributed by atoms with E-state index in [9.17, 15) is 18.0 Å². The Morgan fingerprint density at radius 2 is 1.87 bits per heavy atom. The summed E-state index contributed by atoms with van der Waals surface area (Å²) < 4.78 is 53.8. The second-order valence-corrected chi connectivity index (χ2v) is 7.19. The molecule has 1 heterocycles. The number of carboxylic acid groups (broad SMARTS) is 1. The Balaban J connectivity index is 1.82. The first-order chi connectivity index (χ1) is 14.4. The van der Waals surface area contributed by atoms with Crippen molar-refractivity contribution in [3.63, 3.8) is 0 Å². The molecule has 0 atom stereocenters. The number of carbonyl (C=O) groups is 1. The molecule has 2 aromatic rings. The maximum atomic E-state index is 14.4. The highest BCUT2D eigenvalue weighted by molar-refractivity contribution is 5.69. The van der Waals surface area contributed by atoms with Crippen LogP contribution in [0.5, 0.6) is 5.75 Å². The SMILES string of the molecule is Cc1ccc(C2=C(COc3ccc(CCC(=O)O)c(F)c3F)CCOCC2)cc1F. The average molecular weight is 420 g/mol. The highest BCUT2D eigenvalue weighted by Gasteiger charge is 2.18. The molecule has 0 aromatic heterocycles. The maximum absolute atomic E-state index is 14.4. The van der Waals surface area contributed by atoms with E-state index in [1.54, 1.807) is 13.0 Å². The van der Waals surface area contributed by atoms with Gasteiger partial charge in [0, 0.05) is 6.42 Å². The van der Waals surface area contributed by atoms with Gasteiger partial charge in [-0.15, -0.1) is 0 Å². The van der Waals surface area contributed by atoms with Gasteiger partial charge < -0.3 is 14.6 Å². The zero-order valence-electron chi connectivity index (χ0n) is 16.6. The normalized spacial score (nSPS) is 14.5. The van der Waals surface area contributed by atoms with Crippen LogP contribution >= 0.6 is 0 Å². The van der Waals surface area contributed by atoms with Gasteiger partial charge in [0.1, 0.15) is 12.4 Å². The highest BCUT2D eigenvalue weighted by atomic mass is 19.2. The number of hydrogen-bond acceptors (Lipinski definition) is 3. The fraction of sp³-hybridized carbons (Fsp3) is 0.348. The fourth-order valence-corrected chi connectivity index (χ4v) is 3.37. The van der Waals surface area contributed by atoms with Crippen LogP contribution in [0, 0.1) is 24.4 Å². The Bertz CT molecular complexity index is 969. The van der Waals surface area contributed by atoms with E-state index >= 15 is 0 Å². The molecule has 3 rings (SSSR count). The van der Waals surface area contributed by atoms with Gasteiger partial charge in [-0.25, -0.2) is 8.78 Å². The van der Waals surface area contributed by atoms with Gasteiger partial charge in [0.15, 0.2) is 11.6 Å². The van der Waals surface area contributed by atoms with E-state index in [4.69, 9.17) is 14.6 Å². The van der Waals surface area contributed by atoms with Crippen molar-refractivity contribution in [2.45, 2.75) is 32.6 Å². The third-order valence-electron chi connectivity index (χ3n) is 5.13. The lowest BCUT2D eigenvalue weighted by atomic mass is 9.95. The minimum absolute atomic E-state index is 0.0129. The van der Waals surface area contributed by atoms with Crippen LogP contribution in [0.1, 0.15) is 36.0 Å². The van der Waals surface area contributed by atoms with Crippen molar-refractivity contribution in [1.82, 2.24) is 0 Å². The van der Waals surface area contributed by atoms with Crippen LogP contribution in [-0.4, -0.2) is 30.9 Å². The zero-order valence-corrected chi connectivity index (χ0v) is 16.6. The molecule has 2 aromatic carbocycles. The van der Waals surface area contributed by atoms with Crippen molar-refractivity contribution in [3.05, 3.63) is 70.0 Å². The number of aryl methyl sites for hydroxylation is 2. The van der Waals surface area contributed by atoms with Crippen molar-refractivity contribution >= 4 is 11.5 Å². The quantitative estimate of drug-likeness (QED) is 0.679. The van der Waals surface area contributed by atoms with E-state index in [2.05, 4.69) is 0 Å². The Morgan fingerprint density at radius 3 is 2.60 bits per heavy atom. The lowest BCUT2D eigenvalue weighted by molar-refractivity contribution is -0.136. The summed E-state index contributed by atoms with van der Waals surface area (Å²) in [5.74, 6) is -3.90. The molecular weight excluding hydrogens is 397 g/mol. The molecule has 0 saturated heterocycles. The van der Waals surface area contributed by atoms with Crippen LogP contribution in [0.2, 0.25) is 0 Å². The second-order valence-electron chi connectivity index (χ2n) is 7.19. The Labute approximate surface area is 172 Å². The van der Waals surface area contributed by atoms with Crippen molar-refractivity contribution in [2.75, 3.05) is 19.8 Å². The Kier molecular flexibility index (Phi) is 7.15. The first-order valence-electron chi connectivity index (χ1n) is 9.73. The molecule has 1 aliphatic heterocycles. The molecule has 0 aliphatic carbocycles. The molecule has 0 fully saturated rings. The van der Waals surface area contributed by atoms with Crippen LogP contribution in [0.3, 0.4) is 0 Å². The molecule has 4 nitrogen and oxygen atoms in total. The van der Waals surface area contributed by atoms with Gasteiger partial charge in [0.2, 0.25) is 5.82 Å². The summed E-state index contributed by atoms with van der Waals surface area (Å²) in [5.41, 5.74) is 2.97. The molecule has 1 aliphatic rings. The Morgan fingerprint density at radius 1 is 1.10 bits per heavy atom. The monoisotopic (exact) mass is 420 g/mol. The van der Waals surface area contributed by atoms with Crippen LogP contribution in [0.4, 0.5) is 13.2 Å². The third kappa shape index (κ3) is 5.21. The van der Waals surface area contributed by atoms with Gasteiger partial charge in [-0.2, -0.15) is 4.39 Å². The predicted molar refractivity (Wildman–Crippen MR) is 106 cm³/mol. The molecule has 160 valence electrons. The van der Waals surface area contributed by atoms with Crippen molar-refractivity contribution < 1.29 is 32.5 Å². The number of carboxylic acids is 1. The number of rotatable bonds is 7. The van der Waals surface area contributed by atoms with Crippen molar-refractivity contribution in [2.24, 2.45) is 0 Å². The van der Waals surface area contributed by atoms with Gasteiger partial charge in [-0.1, -0.05) is 18.2 Å². The first-order valence-corrected chi connectivity index (χ1v) is 9.73. The second kappa shape index (κ2) is 9.80. The summed E-state index contributed by atoms with van der Waals surface area (Å²) in [6, 6.07) is 7.63. The summed E-state index contributed by atoms with van der Waals surface area (Å²) in [6.45, 7) is 2.64. The van der Waals surface area contributed by atoms with E-state index in [0.717, 1.165) is 16.7 Å². The minimum atomic E-state index is -1.15. The average Bonchev–Trinajstić information content (AvgIpc) is 2.96. The fourth-order valence-electron chi connectivity index (χ4n) is 3.37. The van der Waals surface area contributed by atoms with Gasteiger partial charge in [0.05, 0.1) is 13.2 Å². The highest BCUT2D eigenvalue weighted by Crippen LogP contribution is 2.30. The van der Waals surface area contributed by atoms with Gasteiger partial charge in [0.25, 0.3) is 0 Å². The molecule has 0 spiro atoms. The number of aliphatic carboxylic acids is 1. The van der Waals surface area contributed by atoms with Crippen molar-refractivity contribution in [3.8, 4) is 5.75 Å². The number of halogens is 3. The molecule has 0 amide bonds. The molecule has 30 heavy (non-hydrogen) atoms. The van der Waals surface area contributed by atoms with E-state index in [1.165, 1.54) is 18.2 Å². The number of hydrogen-bond donors (Lipinski definition) is 1. The molecular formula is C23H23F3O4. The van der Waals surface area contributed by atoms with E-state index in [-0.39, 0.29) is 36.6 Å². The van der Waals surface area contributed by atoms with Crippen LogP contribution in [0.15, 0.2) is 35.9 Å². The van der Waals surface area contributed by atoms with E-state index < -0.39 is 17.6 Å². The van der Waals surface area contributed by atoms with Crippen LogP contribution in [-0.2, 0) is 16.0 Å². The summed E-state index contributed by atoms with van der Waals surface area (Å²) in [6.07, 6.45) is 0.696. The number of benzene rings is 2. The predicted octanol–water partition coefficient (Wildman–Crippen LogP) is 5.07. The van der Waals surface area contributed by atoms with Crippen LogP contribution in [0.25, 0.3) is 5.57 Å².